The zero-order valence-corrected chi connectivity index (χ0v) is 46.4. The summed E-state index contributed by atoms with van der Waals surface area (Å²) in [6.45, 7) is 5.47. The molecular weight excluding hydrogens is 1050 g/mol. The highest BCUT2D eigenvalue weighted by atomic mass is 35.5. The van der Waals surface area contributed by atoms with E-state index in [0.29, 0.717) is 66.7 Å². The number of benzene rings is 6. The van der Waals surface area contributed by atoms with Crippen molar-refractivity contribution >= 4 is 73.8 Å². The highest BCUT2D eigenvalue weighted by Crippen LogP contribution is 2.40. The number of hydrogen-bond acceptors (Lipinski definition) is 11. The Hall–Kier alpha value is -8.73. The lowest BCUT2D eigenvalue weighted by Gasteiger charge is -2.10. The van der Waals surface area contributed by atoms with Crippen molar-refractivity contribution in [2.45, 2.75) is 20.4 Å². The summed E-state index contributed by atoms with van der Waals surface area (Å²) in [6.07, 6.45) is 0. The summed E-state index contributed by atoms with van der Waals surface area (Å²) in [7, 11) is 7.63. The molecule has 6 heterocycles. The molecule has 79 heavy (non-hydrogen) atoms. The van der Waals surface area contributed by atoms with Gasteiger partial charge in [0, 0.05) is 60.6 Å². The summed E-state index contributed by atoms with van der Waals surface area (Å²) >= 11 is 20.3. The molecule has 0 aliphatic rings. The zero-order valence-electron chi connectivity index (χ0n) is 44.1. The zero-order chi connectivity index (χ0) is 55.2. The Labute approximate surface area is 471 Å². The van der Waals surface area contributed by atoms with Crippen molar-refractivity contribution in [1.29, 1.82) is 0 Å². The third kappa shape index (κ3) is 11.5. The van der Waals surface area contributed by atoms with Crippen LogP contribution in [0.3, 0.4) is 0 Å². The van der Waals surface area contributed by atoms with Crippen LogP contribution in [-0.2, 0) is 25.4 Å². The Bertz CT molecular complexity index is 4110. The largest absolute Gasteiger partial charge is 0.353 e. The number of nitrogens with one attached hydrogen (secondary N) is 1. The number of carbonyl (C=O) groups excluding carboxylic acids is 1. The monoisotopic (exact) mass is 1100 g/mol. The quantitative estimate of drug-likeness (QED) is 0.131. The molecule has 0 aliphatic carbocycles. The number of amides is 1. The van der Waals surface area contributed by atoms with Gasteiger partial charge in [-0.25, -0.2) is 14.0 Å². The standard InChI is InChI=1S/C23H23ClN6O.2C19H15ClN4/c1-29(2)14-13-25-18(31)15-30-23-19(21(28-30)16-9-5-3-6-10-16)20(24)22(26-27-23)17-11-7-4-8-12-17;1-12-8-6-7-11-14(12)18-15-16(20)17(13-9-4-3-5-10-13)21-22-19(15)24(2)23-18;1-12-7-6-10-14(11-12)17-15-16(20)18(13-8-4-3-5-9-13)21-22-19(15)24(2)23-17/h3-12H,13-15H2,1-2H3,(H,25,31);2*3-11H,1-2H3. The minimum atomic E-state index is -0.143. The number of aromatic nitrogens is 12. The van der Waals surface area contributed by atoms with Crippen LogP contribution in [0.15, 0.2) is 170 Å². The van der Waals surface area contributed by atoms with Gasteiger partial charge in [0.2, 0.25) is 5.91 Å². The van der Waals surface area contributed by atoms with Gasteiger partial charge in [-0.1, -0.05) is 204 Å². The molecule has 0 bridgehead atoms. The summed E-state index contributed by atoms with van der Waals surface area (Å²) in [4.78, 5) is 14.5. The van der Waals surface area contributed by atoms with Crippen molar-refractivity contribution in [3.05, 3.63) is 196 Å². The number of likely N-dealkylation sites (N-methyl/N-ethyl adjacent to an activating group) is 1. The van der Waals surface area contributed by atoms with Crippen molar-refractivity contribution < 1.29 is 4.79 Å². The predicted molar refractivity (Wildman–Crippen MR) is 317 cm³/mol. The van der Waals surface area contributed by atoms with Crippen molar-refractivity contribution in [3.63, 3.8) is 0 Å². The first kappa shape index (κ1) is 53.7. The maximum Gasteiger partial charge on any atom is 0.241 e. The fourth-order valence-corrected chi connectivity index (χ4v) is 10.0. The fraction of sp³-hybridized carbons (Fsp3) is 0.148. The van der Waals surface area contributed by atoms with E-state index in [1.54, 1.807) is 14.0 Å². The van der Waals surface area contributed by atoms with E-state index in [1.807, 2.05) is 179 Å². The van der Waals surface area contributed by atoms with Crippen molar-refractivity contribution in [2.75, 3.05) is 27.2 Å². The van der Waals surface area contributed by atoms with E-state index < -0.39 is 0 Å². The average molecular weight is 1100 g/mol. The molecule has 6 aromatic heterocycles. The Morgan fingerprint density at radius 2 is 0.873 bits per heavy atom. The minimum absolute atomic E-state index is 0.0342. The number of halogens is 3. The molecule has 18 heteroatoms. The van der Waals surface area contributed by atoms with E-state index in [9.17, 15) is 4.79 Å². The molecule has 1 amide bonds. The molecule has 0 atom stereocenters. The molecule has 0 saturated heterocycles. The van der Waals surface area contributed by atoms with Crippen LogP contribution >= 0.6 is 34.8 Å². The molecule has 12 aromatic rings. The summed E-state index contributed by atoms with van der Waals surface area (Å²) in [5.74, 6) is -0.143. The van der Waals surface area contributed by atoms with E-state index in [1.165, 1.54) is 5.56 Å². The number of aryl methyl sites for hydroxylation is 4. The maximum atomic E-state index is 12.5. The minimum Gasteiger partial charge on any atom is -0.353 e. The maximum absolute atomic E-state index is 12.5. The van der Waals surface area contributed by atoms with Crippen LogP contribution in [0, 0.1) is 13.8 Å². The van der Waals surface area contributed by atoms with E-state index >= 15 is 0 Å². The first-order valence-electron chi connectivity index (χ1n) is 25.3. The van der Waals surface area contributed by atoms with Crippen molar-refractivity contribution in [2.24, 2.45) is 14.1 Å². The van der Waals surface area contributed by atoms with Gasteiger partial charge >= 0.3 is 0 Å². The van der Waals surface area contributed by atoms with E-state index in [2.05, 4.69) is 84.2 Å². The summed E-state index contributed by atoms with van der Waals surface area (Å²) < 4.78 is 5.02. The molecule has 0 fully saturated rings. The second-order valence-corrected chi connectivity index (χ2v) is 20.1. The van der Waals surface area contributed by atoms with Crippen LogP contribution in [0.2, 0.25) is 15.1 Å². The number of nitrogens with zero attached hydrogens (tertiary/aromatic N) is 13. The normalized spacial score (nSPS) is 11.2. The molecule has 1 N–H and O–H groups in total. The number of fused-ring (bicyclic) bond motifs is 3. The van der Waals surface area contributed by atoms with Gasteiger partial charge in [0.05, 0.1) is 31.2 Å². The molecule has 15 nitrogen and oxygen atoms in total. The number of rotatable bonds is 11. The van der Waals surface area contributed by atoms with Crippen LogP contribution in [0.1, 0.15) is 11.1 Å². The SMILES string of the molecule is CN(C)CCNC(=O)Cn1nc(-c2ccccc2)c2c(Cl)c(-c3ccccc3)nnc21.Cc1cccc(-c2nn(C)c3nnc(-c4ccccc4)c(Cl)c23)c1.Cc1ccccc1-c1nn(C)c2nnc(-c3ccccc3)c(Cl)c12. The van der Waals surface area contributed by atoms with Gasteiger partial charge in [0.1, 0.15) is 40.7 Å². The first-order chi connectivity index (χ1) is 38.4. The van der Waals surface area contributed by atoms with Gasteiger partial charge < -0.3 is 10.2 Å². The second-order valence-electron chi connectivity index (χ2n) is 18.9. The summed E-state index contributed by atoms with van der Waals surface area (Å²) in [6, 6.07) is 55.4. The summed E-state index contributed by atoms with van der Waals surface area (Å²) in [5.41, 5.74) is 14.1. The lowest BCUT2D eigenvalue weighted by atomic mass is 10.0. The van der Waals surface area contributed by atoms with Crippen LogP contribution in [0.25, 0.3) is 101 Å². The smallest absolute Gasteiger partial charge is 0.241 e. The van der Waals surface area contributed by atoms with Gasteiger partial charge in [-0.3, -0.25) is 4.79 Å². The van der Waals surface area contributed by atoms with Crippen molar-refractivity contribution in [1.82, 2.24) is 70.2 Å². The van der Waals surface area contributed by atoms with E-state index in [-0.39, 0.29) is 12.5 Å². The number of hydrogen-bond donors (Lipinski definition) is 1. The van der Waals surface area contributed by atoms with Crippen molar-refractivity contribution in [3.8, 4) is 67.5 Å². The Balaban J connectivity index is 0.000000135. The molecule has 0 spiro atoms. The third-order valence-electron chi connectivity index (χ3n) is 13.0. The molecule has 6 aromatic carbocycles. The van der Waals surface area contributed by atoms with Gasteiger partial charge in [-0.15, -0.1) is 30.6 Å². The fourth-order valence-electron chi connectivity index (χ4n) is 9.08. The second kappa shape index (κ2) is 23.9. The Morgan fingerprint density at radius 3 is 1.35 bits per heavy atom. The number of carbonyl (C=O) groups is 1. The van der Waals surface area contributed by atoms with Gasteiger partial charge in [-0.05, 0) is 39.6 Å². The molecule has 0 radical (unpaired) electrons. The lowest BCUT2D eigenvalue weighted by Crippen LogP contribution is -2.33. The topological polar surface area (TPSA) is 163 Å². The summed E-state index contributed by atoms with van der Waals surface area (Å²) in [5, 5.41) is 47.0. The lowest BCUT2D eigenvalue weighted by molar-refractivity contribution is -0.121. The Morgan fingerprint density at radius 1 is 0.468 bits per heavy atom. The molecule has 0 aliphatic heterocycles. The molecular formula is C61H53Cl3N14O. The van der Waals surface area contributed by atoms with Gasteiger partial charge in [-0.2, -0.15) is 15.3 Å². The highest BCUT2D eigenvalue weighted by Gasteiger charge is 2.24. The Kier molecular flexibility index (Phi) is 16.2. The van der Waals surface area contributed by atoms with E-state index in [4.69, 9.17) is 39.9 Å². The molecule has 0 saturated carbocycles. The van der Waals surface area contributed by atoms with Gasteiger partial charge in [0.25, 0.3) is 0 Å². The average Bonchev–Trinajstić information content (AvgIpc) is 4.37. The van der Waals surface area contributed by atoms with E-state index in [0.717, 1.165) is 67.6 Å². The first-order valence-corrected chi connectivity index (χ1v) is 26.5. The van der Waals surface area contributed by atoms with Crippen LogP contribution in [-0.4, -0.2) is 97.9 Å². The van der Waals surface area contributed by atoms with Crippen LogP contribution in [0.4, 0.5) is 0 Å². The predicted octanol–water partition coefficient (Wildman–Crippen LogP) is 12.8. The highest BCUT2D eigenvalue weighted by molar-refractivity contribution is 6.39. The third-order valence-corrected chi connectivity index (χ3v) is 14.1. The van der Waals surface area contributed by atoms with Gasteiger partial charge in [0.15, 0.2) is 16.9 Å². The molecule has 0 unspecified atom stereocenters. The van der Waals surface area contributed by atoms with Crippen LogP contribution in [0.5, 0.6) is 0 Å². The van der Waals surface area contributed by atoms with Crippen LogP contribution < -0.4 is 5.32 Å². The molecule has 394 valence electrons. The molecule has 12 rings (SSSR count).